The maximum atomic E-state index is 12.6. The molecular weight excluding hydrogens is 317 g/mol. The van der Waals surface area contributed by atoms with Gasteiger partial charge in [0.1, 0.15) is 4.90 Å². The van der Waals surface area contributed by atoms with Crippen LogP contribution >= 0.6 is 10.2 Å². The van der Waals surface area contributed by atoms with Gasteiger partial charge in [-0.25, -0.2) is 0 Å². The van der Waals surface area contributed by atoms with E-state index in [4.69, 9.17) is 9.94 Å². The van der Waals surface area contributed by atoms with Crippen molar-refractivity contribution in [1.29, 1.82) is 0 Å². The lowest BCUT2D eigenvalue weighted by molar-refractivity contribution is 0.193. The minimum Gasteiger partial charge on any atom is -0.411 e. The number of nitrogens with zero attached hydrogens (tertiary/aromatic N) is 1. The van der Waals surface area contributed by atoms with Crippen LogP contribution in [0.3, 0.4) is 0 Å². The lowest BCUT2D eigenvalue weighted by atomic mass is 10.1. The van der Waals surface area contributed by atoms with Gasteiger partial charge in [-0.2, -0.15) is 0 Å². The zero-order valence-electron chi connectivity index (χ0n) is 11.2. The second-order valence-electron chi connectivity index (χ2n) is 4.49. The van der Waals surface area contributed by atoms with Crippen molar-refractivity contribution in [3.8, 4) is 0 Å². The van der Waals surface area contributed by atoms with Gasteiger partial charge in [0.25, 0.3) is 0 Å². The van der Waals surface area contributed by atoms with E-state index in [0.717, 1.165) is 12.1 Å². The normalized spacial score (nSPS) is 16.4. The first kappa shape index (κ1) is 17.7. The molecule has 0 unspecified atom stereocenters. The van der Waals surface area contributed by atoms with Crippen LogP contribution in [0.2, 0.25) is 0 Å². The van der Waals surface area contributed by atoms with Crippen molar-refractivity contribution in [2.45, 2.75) is 24.2 Å². The number of rotatable bonds is 7. The Balaban J connectivity index is 2.87. The number of methoxy groups -OCH3 is 1. The van der Waals surface area contributed by atoms with Crippen molar-refractivity contribution in [3.63, 3.8) is 0 Å². The van der Waals surface area contributed by atoms with E-state index >= 15 is 0 Å². The summed E-state index contributed by atoms with van der Waals surface area (Å²) in [5.74, 6) is 0. The van der Waals surface area contributed by atoms with Crippen molar-refractivity contribution >= 4 is 15.9 Å². The van der Waals surface area contributed by atoms with Gasteiger partial charge in [-0.15, -0.1) is 0 Å². The zero-order valence-corrected chi connectivity index (χ0v) is 12.1. The molecule has 0 bridgehead atoms. The lowest BCUT2D eigenvalue weighted by Gasteiger charge is -2.40. The van der Waals surface area contributed by atoms with Gasteiger partial charge in [0.2, 0.25) is 0 Å². The van der Waals surface area contributed by atoms with Gasteiger partial charge in [0, 0.05) is 13.7 Å². The van der Waals surface area contributed by atoms with Crippen LogP contribution in [0.25, 0.3) is 0 Å². The summed E-state index contributed by atoms with van der Waals surface area (Å²) < 4.78 is 67.6. The summed E-state index contributed by atoms with van der Waals surface area (Å²) in [6.07, 6.45) is 1.57. The first-order valence-electron chi connectivity index (χ1n) is 6.02. The van der Waals surface area contributed by atoms with Crippen molar-refractivity contribution in [2.75, 3.05) is 13.7 Å². The number of hydrogen-bond donors (Lipinski definition) is 1. The van der Waals surface area contributed by atoms with Gasteiger partial charge < -0.3 is 9.94 Å². The van der Waals surface area contributed by atoms with E-state index in [1.54, 1.807) is 0 Å². The first-order valence-corrected chi connectivity index (χ1v) is 7.97. The minimum atomic E-state index is -9.66. The quantitative estimate of drug-likeness (QED) is 0.241. The third-order valence-corrected chi connectivity index (χ3v) is 3.93. The summed E-state index contributed by atoms with van der Waals surface area (Å²) >= 11 is 0. The Morgan fingerprint density at radius 1 is 1.10 bits per heavy atom. The van der Waals surface area contributed by atoms with E-state index in [0.29, 0.717) is 38.0 Å². The fourth-order valence-corrected chi connectivity index (χ4v) is 2.35. The Labute approximate surface area is 119 Å². The topological polar surface area (TPSA) is 41.8 Å². The Morgan fingerprint density at radius 2 is 1.67 bits per heavy atom. The smallest absolute Gasteiger partial charge is 0.310 e. The molecule has 1 rings (SSSR count). The standard InChI is InChI=1S/C12H16F5NO2S/c1-20-9-3-2-4-12(18-19)10-5-7-11(8-6-10)21(13,14,15,16)17/h5-8,19H,2-4,9H2,1H3/b18-12+. The van der Waals surface area contributed by atoms with Crippen molar-refractivity contribution < 1.29 is 29.4 Å². The van der Waals surface area contributed by atoms with E-state index < -0.39 is 15.1 Å². The summed E-state index contributed by atoms with van der Waals surface area (Å²) in [6.45, 7) is 0.502. The van der Waals surface area contributed by atoms with Crippen LogP contribution in [-0.2, 0) is 4.74 Å². The SMILES string of the molecule is COCCCC/C(=N\O)c1ccc(S(F)(F)(F)(F)F)cc1. The van der Waals surface area contributed by atoms with Gasteiger partial charge in [0.15, 0.2) is 0 Å². The number of unbranched alkanes of at least 4 members (excludes halogenated alkanes) is 1. The van der Waals surface area contributed by atoms with Crippen LogP contribution in [0.15, 0.2) is 34.3 Å². The van der Waals surface area contributed by atoms with Gasteiger partial charge >= 0.3 is 10.2 Å². The Hall–Kier alpha value is -1.35. The Kier molecular flexibility index (Phi) is 4.59. The highest BCUT2D eigenvalue weighted by Crippen LogP contribution is 3.02. The molecular formula is C12H16F5NO2S. The Morgan fingerprint density at radius 3 is 2.10 bits per heavy atom. The van der Waals surface area contributed by atoms with Gasteiger partial charge in [-0.3, -0.25) is 0 Å². The molecule has 0 heterocycles. The van der Waals surface area contributed by atoms with Crippen LogP contribution in [0.5, 0.6) is 0 Å². The molecule has 3 nitrogen and oxygen atoms in total. The molecule has 0 aliphatic carbocycles. The number of ether oxygens (including phenoxy) is 1. The molecule has 1 aromatic rings. The van der Waals surface area contributed by atoms with Crippen LogP contribution in [-0.4, -0.2) is 24.6 Å². The molecule has 0 spiro atoms. The highest BCUT2D eigenvalue weighted by atomic mass is 32.5. The molecule has 0 radical (unpaired) electrons. The number of benzene rings is 1. The molecule has 0 fully saturated rings. The van der Waals surface area contributed by atoms with E-state index in [1.807, 2.05) is 0 Å². The monoisotopic (exact) mass is 333 g/mol. The average molecular weight is 333 g/mol. The summed E-state index contributed by atoms with van der Waals surface area (Å²) in [5.41, 5.74) is 0.306. The predicted octanol–water partition coefficient (Wildman–Crippen LogP) is 5.34. The van der Waals surface area contributed by atoms with E-state index in [2.05, 4.69) is 5.16 Å². The number of halogens is 5. The highest BCUT2D eigenvalue weighted by Gasteiger charge is 2.65. The predicted molar refractivity (Wildman–Crippen MR) is 71.9 cm³/mol. The molecule has 0 amide bonds. The van der Waals surface area contributed by atoms with Crippen molar-refractivity contribution in [1.82, 2.24) is 0 Å². The van der Waals surface area contributed by atoms with E-state index in [-0.39, 0.29) is 11.3 Å². The second-order valence-corrected chi connectivity index (χ2v) is 6.90. The van der Waals surface area contributed by atoms with Gasteiger partial charge in [0.05, 0.1) is 5.71 Å². The molecule has 0 saturated heterocycles. The summed E-state index contributed by atoms with van der Waals surface area (Å²) in [6, 6.07) is 2.35. The van der Waals surface area contributed by atoms with Crippen LogP contribution < -0.4 is 0 Å². The molecule has 1 N–H and O–H groups in total. The van der Waals surface area contributed by atoms with E-state index in [9.17, 15) is 19.4 Å². The molecule has 0 aliphatic heterocycles. The largest absolute Gasteiger partial charge is 0.411 e. The molecule has 0 atom stereocenters. The Bertz CT molecular complexity index is 512. The zero-order chi connectivity index (χ0) is 16.2. The molecule has 122 valence electrons. The van der Waals surface area contributed by atoms with Crippen LogP contribution in [0.1, 0.15) is 24.8 Å². The average Bonchev–Trinajstić information content (AvgIpc) is 2.37. The fourth-order valence-electron chi connectivity index (χ4n) is 1.70. The maximum absolute atomic E-state index is 12.6. The first-order chi connectivity index (χ1) is 9.47. The molecule has 0 aliphatic rings. The lowest BCUT2D eigenvalue weighted by Crippen LogP contribution is -2.07. The van der Waals surface area contributed by atoms with Crippen LogP contribution in [0, 0.1) is 0 Å². The molecule has 1 aromatic carbocycles. The number of hydrogen-bond acceptors (Lipinski definition) is 3. The van der Waals surface area contributed by atoms with Crippen molar-refractivity contribution in [2.24, 2.45) is 5.16 Å². The molecule has 21 heavy (non-hydrogen) atoms. The fraction of sp³-hybridized carbons (Fsp3) is 0.417. The van der Waals surface area contributed by atoms with E-state index in [1.165, 1.54) is 7.11 Å². The molecule has 0 saturated carbocycles. The third kappa shape index (κ3) is 5.50. The maximum Gasteiger partial charge on any atom is 0.310 e. The van der Waals surface area contributed by atoms with Crippen LogP contribution in [0.4, 0.5) is 19.4 Å². The minimum absolute atomic E-state index is 0.139. The summed E-state index contributed by atoms with van der Waals surface area (Å²) in [5, 5.41) is 11.9. The summed E-state index contributed by atoms with van der Waals surface area (Å²) in [7, 11) is -8.13. The third-order valence-electron chi connectivity index (χ3n) is 2.77. The molecule has 9 heteroatoms. The van der Waals surface area contributed by atoms with Gasteiger partial charge in [-0.1, -0.05) is 36.7 Å². The molecule has 0 aromatic heterocycles. The second kappa shape index (κ2) is 5.45. The van der Waals surface area contributed by atoms with Crippen molar-refractivity contribution in [3.05, 3.63) is 29.8 Å². The summed E-state index contributed by atoms with van der Waals surface area (Å²) in [4.78, 5) is -1.96. The number of oxime groups is 1. The highest BCUT2D eigenvalue weighted by molar-refractivity contribution is 8.45. The van der Waals surface area contributed by atoms with Gasteiger partial charge in [-0.05, 0) is 37.0 Å².